The molecule has 25 heavy (non-hydrogen) atoms. The van der Waals surface area contributed by atoms with E-state index in [-0.39, 0.29) is 18.1 Å². The van der Waals surface area contributed by atoms with Gasteiger partial charge in [0, 0.05) is 37.7 Å². The van der Waals surface area contributed by atoms with Gasteiger partial charge in [-0.15, -0.1) is 0 Å². The van der Waals surface area contributed by atoms with Crippen LogP contribution in [0.3, 0.4) is 0 Å². The summed E-state index contributed by atoms with van der Waals surface area (Å²) in [7, 11) is 0. The lowest BCUT2D eigenvalue weighted by atomic mass is 10.2. The Morgan fingerprint density at radius 3 is 2.60 bits per heavy atom. The smallest absolute Gasteiger partial charge is 0.307 e. The lowest BCUT2D eigenvalue weighted by Gasteiger charge is -2.34. The fourth-order valence-corrected chi connectivity index (χ4v) is 2.99. The molecule has 0 N–H and O–H groups in total. The number of benzene rings is 1. The van der Waals surface area contributed by atoms with Crippen molar-refractivity contribution in [2.75, 3.05) is 26.2 Å². The maximum atomic E-state index is 12.3. The standard InChI is InChI=1S/C16H18ClN5O3/c17-15-4-2-1-3-13(15)10-19-5-7-20(8-6-19)16(23)12-21-11-14(9-18-21)22(24)25/h1-4,9,11H,5-8,10,12H2. The monoisotopic (exact) mass is 363 g/mol. The van der Waals surface area contributed by atoms with Crippen molar-refractivity contribution in [3.8, 4) is 0 Å². The summed E-state index contributed by atoms with van der Waals surface area (Å²) >= 11 is 6.19. The zero-order valence-corrected chi connectivity index (χ0v) is 14.3. The number of aromatic nitrogens is 2. The Morgan fingerprint density at radius 1 is 1.24 bits per heavy atom. The van der Waals surface area contributed by atoms with Gasteiger partial charge in [0.25, 0.3) is 0 Å². The van der Waals surface area contributed by atoms with E-state index in [1.807, 2.05) is 24.3 Å². The molecule has 0 radical (unpaired) electrons. The quantitative estimate of drug-likeness (QED) is 0.597. The molecule has 0 spiro atoms. The third-order valence-electron chi connectivity index (χ3n) is 4.20. The van der Waals surface area contributed by atoms with Gasteiger partial charge in [0.15, 0.2) is 0 Å². The van der Waals surface area contributed by atoms with E-state index in [1.165, 1.54) is 10.9 Å². The maximum absolute atomic E-state index is 12.3. The molecular formula is C16H18ClN5O3. The van der Waals surface area contributed by atoms with E-state index in [0.29, 0.717) is 13.1 Å². The molecule has 0 bridgehead atoms. The van der Waals surface area contributed by atoms with Gasteiger partial charge in [0.1, 0.15) is 18.9 Å². The highest BCUT2D eigenvalue weighted by atomic mass is 35.5. The molecular weight excluding hydrogens is 346 g/mol. The van der Waals surface area contributed by atoms with Crippen molar-refractivity contribution >= 4 is 23.2 Å². The van der Waals surface area contributed by atoms with E-state index < -0.39 is 4.92 Å². The second-order valence-electron chi connectivity index (χ2n) is 5.90. The highest BCUT2D eigenvalue weighted by molar-refractivity contribution is 6.31. The molecule has 3 rings (SSSR count). The lowest BCUT2D eigenvalue weighted by Crippen LogP contribution is -2.49. The van der Waals surface area contributed by atoms with Crippen LogP contribution in [-0.4, -0.2) is 56.6 Å². The SMILES string of the molecule is O=C(Cn1cc([N+](=O)[O-])cn1)N1CCN(Cc2ccccc2Cl)CC1. The number of hydrogen-bond donors (Lipinski definition) is 0. The average Bonchev–Trinajstić information content (AvgIpc) is 3.06. The summed E-state index contributed by atoms with van der Waals surface area (Å²) < 4.78 is 1.30. The van der Waals surface area contributed by atoms with Gasteiger partial charge in [-0.1, -0.05) is 29.8 Å². The first-order valence-electron chi connectivity index (χ1n) is 7.93. The Balaban J connectivity index is 1.50. The molecule has 2 heterocycles. The summed E-state index contributed by atoms with van der Waals surface area (Å²) in [5.74, 6) is -0.0876. The van der Waals surface area contributed by atoms with Crippen molar-refractivity contribution in [3.63, 3.8) is 0 Å². The molecule has 0 aliphatic carbocycles. The second kappa shape index (κ2) is 7.62. The van der Waals surface area contributed by atoms with Crippen LogP contribution in [0.5, 0.6) is 0 Å². The normalized spacial score (nSPS) is 15.3. The zero-order chi connectivity index (χ0) is 17.8. The molecule has 1 aliphatic heterocycles. The van der Waals surface area contributed by atoms with Crippen molar-refractivity contribution in [2.24, 2.45) is 0 Å². The molecule has 1 aromatic carbocycles. The minimum atomic E-state index is -0.526. The van der Waals surface area contributed by atoms with Gasteiger partial charge in [0.2, 0.25) is 5.91 Å². The lowest BCUT2D eigenvalue weighted by molar-refractivity contribution is -0.385. The molecule has 8 nitrogen and oxygen atoms in total. The number of hydrogen-bond acceptors (Lipinski definition) is 5. The largest absolute Gasteiger partial charge is 0.339 e. The van der Waals surface area contributed by atoms with Crippen LogP contribution in [0.2, 0.25) is 5.02 Å². The minimum absolute atomic E-state index is 0.0123. The van der Waals surface area contributed by atoms with Crippen molar-refractivity contribution < 1.29 is 9.72 Å². The number of piperazine rings is 1. The van der Waals surface area contributed by atoms with Gasteiger partial charge in [-0.25, -0.2) is 0 Å². The number of rotatable bonds is 5. The fraction of sp³-hybridized carbons (Fsp3) is 0.375. The van der Waals surface area contributed by atoms with Crippen LogP contribution >= 0.6 is 11.6 Å². The highest BCUT2D eigenvalue weighted by Crippen LogP contribution is 2.18. The van der Waals surface area contributed by atoms with Crippen LogP contribution in [0.4, 0.5) is 5.69 Å². The maximum Gasteiger partial charge on any atom is 0.307 e. The Bertz CT molecular complexity index is 771. The third-order valence-corrected chi connectivity index (χ3v) is 4.57. The van der Waals surface area contributed by atoms with Gasteiger partial charge >= 0.3 is 5.69 Å². The van der Waals surface area contributed by atoms with E-state index >= 15 is 0 Å². The summed E-state index contributed by atoms with van der Waals surface area (Å²) in [4.78, 5) is 26.5. The van der Waals surface area contributed by atoms with Gasteiger partial charge in [-0.05, 0) is 11.6 Å². The zero-order valence-electron chi connectivity index (χ0n) is 13.5. The molecule has 1 aliphatic rings. The summed E-state index contributed by atoms with van der Waals surface area (Å²) in [6.45, 7) is 3.52. The van der Waals surface area contributed by atoms with Crippen LogP contribution in [0.25, 0.3) is 0 Å². The van der Waals surface area contributed by atoms with Gasteiger partial charge in [-0.2, -0.15) is 5.10 Å². The Labute approximate surface area is 149 Å². The van der Waals surface area contributed by atoms with Crippen LogP contribution < -0.4 is 0 Å². The highest BCUT2D eigenvalue weighted by Gasteiger charge is 2.22. The Hall–Kier alpha value is -2.45. The van der Waals surface area contributed by atoms with Crippen molar-refractivity contribution in [1.29, 1.82) is 0 Å². The molecule has 9 heteroatoms. The molecule has 0 unspecified atom stereocenters. The molecule has 0 atom stereocenters. The van der Waals surface area contributed by atoms with Crippen molar-refractivity contribution in [3.05, 3.63) is 57.4 Å². The van der Waals surface area contributed by atoms with Gasteiger partial charge in [0.05, 0.1) is 4.92 Å². The average molecular weight is 364 g/mol. The van der Waals surface area contributed by atoms with Crippen LogP contribution in [-0.2, 0) is 17.9 Å². The molecule has 1 amide bonds. The van der Waals surface area contributed by atoms with Crippen LogP contribution in [0, 0.1) is 10.1 Å². The molecule has 0 saturated carbocycles. The number of nitrogens with zero attached hydrogens (tertiary/aromatic N) is 5. The van der Waals surface area contributed by atoms with Crippen LogP contribution in [0.15, 0.2) is 36.7 Å². The van der Waals surface area contributed by atoms with E-state index in [2.05, 4.69) is 10.00 Å². The third kappa shape index (κ3) is 4.34. The predicted molar refractivity (Wildman–Crippen MR) is 92.2 cm³/mol. The summed E-state index contributed by atoms with van der Waals surface area (Å²) in [5, 5.41) is 15.3. The molecule has 1 fully saturated rings. The summed E-state index contributed by atoms with van der Waals surface area (Å²) in [5.41, 5.74) is 0.963. The minimum Gasteiger partial charge on any atom is -0.339 e. The number of carbonyl (C=O) groups excluding carboxylic acids is 1. The molecule has 1 saturated heterocycles. The fourth-order valence-electron chi connectivity index (χ4n) is 2.79. The number of halogens is 1. The first-order chi connectivity index (χ1) is 12.0. The summed E-state index contributed by atoms with van der Waals surface area (Å²) in [6.07, 6.45) is 2.42. The van der Waals surface area contributed by atoms with Crippen LogP contribution in [0.1, 0.15) is 5.56 Å². The van der Waals surface area contributed by atoms with E-state index in [1.54, 1.807) is 4.90 Å². The Morgan fingerprint density at radius 2 is 1.96 bits per heavy atom. The van der Waals surface area contributed by atoms with E-state index in [9.17, 15) is 14.9 Å². The first kappa shape index (κ1) is 17.4. The number of amides is 1. The predicted octanol–water partition coefficient (Wildman–Crippen LogP) is 1.79. The van der Waals surface area contributed by atoms with E-state index in [4.69, 9.17) is 11.6 Å². The molecule has 132 valence electrons. The first-order valence-corrected chi connectivity index (χ1v) is 8.31. The molecule has 2 aromatic rings. The van der Waals surface area contributed by atoms with Gasteiger partial charge < -0.3 is 4.90 Å². The summed E-state index contributed by atoms with van der Waals surface area (Å²) in [6, 6.07) is 7.75. The van der Waals surface area contributed by atoms with Crippen molar-refractivity contribution in [1.82, 2.24) is 19.6 Å². The van der Waals surface area contributed by atoms with Gasteiger partial charge in [-0.3, -0.25) is 24.5 Å². The second-order valence-corrected chi connectivity index (χ2v) is 6.31. The number of carbonyl (C=O) groups is 1. The molecule has 1 aromatic heterocycles. The van der Waals surface area contributed by atoms with Crippen molar-refractivity contribution in [2.45, 2.75) is 13.1 Å². The topological polar surface area (TPSA) is 84.5 Å². The Kier molecular flexibility index (Phi) is 5.30. The van der Waals surface area contributed by atoms with E-state index in [0.717, 1.165) is 36.4 Å². The number of nitro groups is 1.